The van der Waals surface area contributed by atoms with Crippen molar-refractivity contribution in [2.45, 2.75) is 38.9 Å². The molecule has 0 fully saturated rings. The number of hydrogen-bond donors (Lipinski definition) is 3. The lowest BCUT2D eigenvalue weighted by atomic mass is 10.1. The molecular formula is C50H40Cl2N4O7S2. The highest BCUT2D eigenvalue weighted by molar-refractivity contribution is 7.17. The molecule has 2 aliphatic heterocycles. The van der Waals surface area contributed by atoms with Crippen molar-refractivity contribution in [2.75, 3.05) is 13.1 Å². The molecule has 8 rings (SSSR count). The number of thiophene rings is 2. The van der Waals surface area contributed by atoms with Crippen LogP contribution < -0.4 is 20.5 Å². The molecule has 15 heteroatoms. The molecule has 4 aromatic carbocycles. The van der Waals surface area contributed by atoms with Crippen LogP contribution in [0.3, 0.4) is 0 Å². The van der Waals surface area contributed by atoms with Crippen LogP contribution in [0, 0.1) is 13.1 Å². The number of aliphatic carboxylic acids is 1. The SMILES string of the molecule is CC(=O)c1ccc(-c2cc(Cl)c3c(c2)CC(CN)O3)s1.[C-]#[N+]c1ccc(/C=C/C(=O)NCC2Cc3cc(-c4ccc(C(C)=O)s4)cc(Cl)c3O2)cc1.[C-]#[N+]c1ccc(/C=C/C(=O)O)cc1. The Balaban J connectivity index is 0.000000180. The van der Waals surface area contributed by atoms with Gasteiger partial charge in [0.1, 0.15) is 23.7 Å². The molecule has 0 aliphatic carbocycles. The fourth-order valence-electron chi connectivity index (χ4n) is 6.60. The Bertz CT molecular complexity index is 2890. The Labute approximate surface area is 394 Å². The summed E-state index contributed by atoms with van der Waals surface area (Å²) >= 11 is 15.7. The number of halogens is 2. The molecule has 2 aromatic heterocycles. The van der Waals surface area contributed by atoms with Crippen molar-refractivity contribution in [3.05, 3.63) is 174 Å². The molecule has 11 nitrogen and oxygen atoms in total. The lowest BCUT2D eigenvalue weighted by molar-refractivity contribution is -0.131. The van der Waals surface area contributed by atoms with Crippen molar-refractivity contribution in [3.8, 4) is 32.4 Å². The van der Waals surface area contributed by atoms with E-state index in [0.717, 1.165) is 66.3 Å². The third-order valence-corrected chi connectivity index (χ3v) is 12.9. The molecule has 2 atom stereocenters. The number of amides is 1. The van der Waals surface area contributed by atoms with Crippen LogP contribution in [0.2, 0.25) is 10.0 Å². The Morgan fingerprint density at radius 1 is 0.708 bits per heavy atom. The van der Waals surface area contributed by atoms with E-state index in [0.29, 0.717) is 51.6 Å². The number of nitrogens with two attached hydrogens (primary N) is 1. The maximum atomic E-state index is 12.2. The molecule has 0 spiro atoms. The van der Waals surface area contributed by atoms with E-state index in [-0.39, 0.29) is 29.7 Å². The number of fused-ring (bicyclic) bond motifs is 2. The van der Waals surface area contributed by atoms with Gasteiger partial charge in [-0.05, 0) is 96.8 Å². The maximum absolute atomic E-state index is 12.2. The average molecular weight is 944 g/mol. The number of nitrogens with one attached hydrogen (secondary N) is 1. The molecule has 6 aromatic rings. The van der Waals surface area contributed by atoms with E-state index in [1.807, 2.05) is 42.5 Å². The van der Waals surface area contributed by atoms with Gasteiger partial charge in [-0.3, -0.25) is 14.4 Å². The molecule has 0 radical (unpaired) electrons. The van der Waals surface area contributed by atoms with E-state index >= 15 is 0 Å². The van der Waals surface area contributed by atoms with Crippen LogP contribution in [-0.2, 0) is 22.4 Å². The number of carbonyl (C=O) groups is 4. The van der Waals surface area contributed by atoms with Crippen molar-refractivity contribution in [3.63, 3.8) is 0 Å². The van der Waals surface area contributed by atoms with Gasteiger partial charge in [-0.25, -0.2) is 14.5 Å². The summed E-state index contributed by atoms with van der Waals surface area (Å²) in [6, 6.07) is 29.1. The van der Waals surface area contributed by atoms with Crippen molar-refractivity contribution in [1.82, 2.24) is 5.32 Å². The highest BCUT2D eigenvalue weighted by atomic mass is 35.5. The van der Waals surface area contributed by atoms with Gasteiger partial charge >= 0.3 is 5.97 Å². The quantitative estimate of drug-likeness (QED) is 0.0659. The minimum Gasteiger partial charge on any atom is -0.487 e. The molecule has 328 valence electrons. The van der Waals surface area contributed by atoms with Crippen LogP contribution in [-0.4, -0.2) is 53.8 Å². The van der Waals surface area contributed by atoms with Gasteiger partial charge in [0.15, 0.2) is 22.9 Å². The molecule has 0 bridgehead atoms. The number of carboxylic acid groups (broad SMARTS) is 1. The van der Waals surface area contributed by atoms with Gasteiger partial charge in [-0.2, -0.15) is 0 Å². The molecule has 4 heterocycles. The predicted octanol–water partition coefficient (Wildman–Crippen LogP) is 11.8. The van der Waals surface area contributed by atoms with Gasteiger partial charge in [0.25, 0.3) is 0 Å². The van der Waals surface area contributed by atoms with Crippen LogP contribution in [0.25, 0.3) is 42.7 Å². The summed E-state index contributed by atoms with van der Waals surface area (Å²) in [5.74, 6) is 0.319. The average Bonchev–Trinajstić information content (AvgIpc) is 4.14. The first-order chi connectivity index (χ1) is 31.2. The fraction of sp³-hybridized carbons (Fsp3) is 0.160. The van der Waals surface area contributed by atoms with Crippen LogP contribution >= 0.6 is 45.9 Å². The predicted molar refractivity (Wildman–Crippen MR) is 259 cm³/mol. The number of rotatable bonds is 11. The second-order valence-electron chi connectivity index (χ2n) is 14.6. The number of ether oxygens (including phenoxy) is 2. The second-order valence-corrected chi connectivity index (χ2v) is 17.6. The fourth-order valence-corrected chi connectivity index (χ4v) is 8.95. The van der Waals surface area contributed by atoms with Crippen LogP contribution in [0.4, 0.5) is 11.4 Å². The normalized spacial score (nSPS) is 14.3. The topological polar surface area (TPSA) is 154 Å². The van der Waals surface area contributed by atoms with E-state index in [1.165, 1.54) is 34.8 Å². The Kier molecular flexibility index (Phi) is 16.3. The van der Waals surface area contributed by atoms with Gasteiger partial charge in [0.05, 0.1) is 39.5 Å². The Morgan fingerprint density at radius 2 is 1.15 bits per heavy atom. The molecule has 0 saturated heterocycles. The standard InChI is InChI=1S/C25H19ClN2O3S.C15H14ClNO2S.C10H7NO2/c1-15(29)22-8-9-23(32-22)17-11-18-12-20(31-25(18)21(26)13-17)14-28-24(30)10-5-16-3-6-19(27-2)7-4-16;1-8(18)13-2-3-14(20-13)9-4-10-5-11(7-17)19-15(10)12(16)6-9;1-11-9-5-2-8(3-6-9)4-7-10(12)13/h3-11,13,20H,12,14H2,1H3,(H,28,30);2-4,6,11H,5,7,17H2,1H3;2-7H,(H,12,13)/b10-5+;;7-4+. The molecule has 2 unspecified atom stereocenters. The van der Waals surface area contributed by atoms with E-state index in [1.54, 1.807) is 68.5 Å². The number of hydrogen-bond acceptors (Lipinski definition) is 9. The molecule has 2 aliphatic rings. The summed E-state index contributed by atoms with van der Waals surface area (Å²) in [4.78, 5) is 55.3. The first-order valence-electron chi connectivity index (χ1n) is 20.0. The first-order valence-corrected chi connectivity index (χ1v) is 22.3. The zero-order valence-corrected chi connectivity index (χ0v) is 38.1. The Hall–Kier alpha value is -6.84. The highest BCUT2D eigenvalue weighted by Gasteiger charge is 2.27. The van der Waals surface area contributed by atoms with Crippen molar-refractivity contribution in [2.24, 2.45) is 5.73 Å². The van der Waals surface area contributed by atoms with Crippen LogP contribution in [0.1, 0.15) is 55.4 Å². The number of carbonyl (C=O) groups excluding carboxylic acids is 3. The number of Topliss-reactive ketones (excluding diaryl/α,β-unsaturated/α-hetero) is 2. The van der Waals surface area contributed by atoms with Gasteiger partial charge in [0, 0.05) is 52.4 Å². The molecule has 4 N–H and O–H groups in total. The minimum atomic E-state index is -0.978. The summed E-state index contributed by atoms with van der Waals surface area (Å²) < 4.78 is 11.7. The first kappa shape index (κ1) is 47.6. The number of ketones is 2. The van der Waals surface area contributed by atoms with Gasteiger partial charge < -0.3 is 25.6 Å². The van der Waals surface area contributed by atoms with Crippen molar-refractivity contribution in [1.29, 1.82) is 0 Å². The van der Waals surface area contributed by atoms with Gasteiger partial charge in [-0.15, -0.1) is 22.7 Å². The summed E-state index contributed by atoms with van der Waals surface area (Å²) in [6.07, 6.45) is 6.93. The Morgan fingerprint density at radius 3 is 1.57 bits per heavy atom. The lowest BCUT2D eigenvalue weighted by Crippen LogP contribution is -2.33. The van der Waals surface area contributed by atoms with E-state index in [9.17, 15) is 19.2 Å². The number of carboxylic acids is 1. The van der Waals surface area contributed by atoms with Crippen LogP contribution in [0.15, 0.2) is 109 Å². The van der Waals surface area contributed by atoms with Crippen LogP contribution in [0.5, 0.6) is 11.5 Å². The highest BCUT2D eigenvalue weighted by Crippen LogP contribution is 2.42. The van der Waals surface area contributed by atoms with Gasteiger partial charge in [0.2, 0.25) is 5.91 Å². The number of nitrogens with zero attached hydrogens (tertiary/aromatic N) is 2. The molecule has 0 saturated carbocycles. The third kappa shape index (κ3) is 12.9. The largest absolute Gasteiger partial charge is 0.487 e. The molecule has 1 amide bonds. The number of benzene rings is 4. The zero-order chi connectivity index (χ0) is 46.6. The van der Waals surface area contributed by atoms with Gasteiger partial charge in [-0.1, -0.05) is 71.7 Å². The summed E-state index contributed by atoms with van der Waals surface area (Å²) in [6.45, 7) is 17.6. The lowest BCUT2D eigenvalue weighted by Gasteiger charge is -2.11. The van der Waals surface area contributed by atoms with Crippen molar-refractivity contribution >= 4 is 92.8 Å². The minimum absolute atomic E-state index is 0.00821. The van der Waals surface area contributed by atoms with E-state index in [2.05, 4.69) is 21.1 Å². The van der Waals surface area contributed by atoms with E-state index < -0.39 is 5.97 Å². The van der Waals surface area contributed by atoms with E-state index in [4.69, 9.17) is 56.7 Å². The summed E-state index contributed by atoms with van der Waals surface area (Å²) in [7, 11) is 0. The smallest absolute Gasteiger partial charge is 0.328 e. The maximum Gasteiger partial charge on any atom is 0.328 e. The second kappa shape index (κ2) is 22.2. The van der Waals surface area contributed by atoms with Crippen molar-refractivity contribution < 1.29 is 33.8 Å². The third-order valence-electron chi connectivity index (χ3n) is 9.84. The zero-order valence-electron chi connectivity index (χ0n) is 35.0. The summed E-state index contributed by atoms with van der Waals surface area (Å²) in [5.41, 5.74) is 12.4. The summed E-state index contributed by atoms with van der Waals surface area (Å²) in [5, 5.41) is 12.3. The molecule has 65 heavy (non-hydrogen) atoms. The monoisotopic (exact) mass is 942 g/mol. The molecular weight excluding hydrogens is 904 g/mol.